The molecule has 0 spiro atoms. The molecule has 0 radical (unpaired) electrons. The molecule has 3 aliphatic rings. The summed E-state index contributed by atoms with van der Waals surface area (Å²) in [5, 5.41) is 1.30. The molecule has 3 heteroatoms. The second-order valence-electron chi connectivity index (χ2n) is 9.13. The highest BCUT2D eigenvalue weighted by Crippen LogP contribution is 2.51. The molecule has 2 aromatic rings. The summed E-state index contributed by atoms with van der Waals surface area (Å²) in [5.74, 6) is 2.85. The van der Waals surface area contributed by atoms with E-state index in [-0.39, 0.29) is 0 Å². The van der Waals surface area contributed by atoms with Crippen molar-refractivity contribution in [3.63, 3.8) is 0 Å². The van der Waals surface area contributed by atoms with E-state index in [1.165, 1.54) is 58.2 Å². The van der Waals surface area contributed by atoms with Gasteiger partial charge in [0.05, 0.1) is 10.7 Å². The van der Waals surface area contributed by atoms with E-state index in [0.717, 1.165) is 17.8 Å². The SMILES string of the molecule is Cc1cc(C=C2Sc3ccccc3N2C)cc(C)[n+]1[C@H](C)[C@H]1C[C@H]2CC[C@H]1C2. The van der Waals surface area contributed by atoms with Gasteiger partial charge in [-0.05, 0) is 61.8 Å². The molecule has 2 bridgehead atoms. The second-order valence-corrected chi connectivity index (χ2v) is 10.2. The minimum atomic E-state index is 0.616. The van der Waals surface area contributed by atoms with E-state index in [1.54, 1.807) is 0 Å². The second kappa shape index (κ2) is 6.95. The predicted octanol–water partition coefficient (Wildman–Crippen LogP) is 6.13. The Morgan fingerprint density at radius 2 is 1.86 bits per heavy atom. The topological polar surface area (TPSA) is 7.12 Å². The van der Waals surface area contributed by atoms with E-state index in [0.29, 0.717) is 6.04 Å². The molecule has 2 fully saturated rings. The Morgan fingerprint density at radius 1 is 1.11 bits per heavy atom. The number of thioether (sulfide) groups is 1. The number of fused-ring (bicyclic) bond motifs is 3. The Kier molecular flexibility index (Phi) is 4.54. The third kappa shape index (κ3) is 2.99. The predicted molar refractivity (Wildman–Crippen MR) is 118 cm³/mol. The quantitative estimate of drug-likeness (QED) is 0.581. The molecule has 2 saturated carbocycles. The molecular formula is C25H31N2S+. The molecule has 0 saturated heterocycles. The summed E-state index contributed by atoms with van der Waals surface area (Å²) in [6, 6.07) is 14.0. The molecule has 5 rings (SSSR count). The normalized spacial score (nSPS) is 28.2. The largest absolute Gasteiger partial charge is 0.338 e. The summed E-state index contributed by atoms with van der Waals surface area (Å²) in [6.45, 7) is 7.04. The monoisotopic (exact) mass is 391 g/mol. The molecule has 2 heterocycles. The lowest BCUT2D eigenvalue weighted by atomic mass is 9.83. The fraction of sp³-hybridized carbons (Fsp3) is 0.480. The van der Waals surface area contributed by atoms with Gasteiger partial charge in [0, 0.05) is 43.8 Å². The van der Waals surface area contributed by atoms with E-state index < -0.39 is 0 Å². The summed E-state index contributed by atoms with van der Waals surface area (Å²) in [6.07, 6.45) is 8.23. The standard InChI is InChI=1S/C25H31N2S/c1-16-11-20(15-25-26(4)23-7-5-6-8-24(23)28-25)12-17(2)27(16)18(3)22-14-19-9-10-21(22)13-19/h5-8,11-12,15,18-19,21-22H,9-10,13-14H2,1-4H3/q+1/t18-,19+,21+,22-/m1/s1. The molecule has 1 aromatic carbocycles. The first-order valence-electron chi connectivity index (χ1n) is 10.8. The van der Waals surface area contributed by atoms with Crippen LogP contribution in [0.2, 0.25) is 0 Å². The van der Waals surface area contributed by atoms with Gasteiger partial charge in [0.25, 0.3) is 0 Å². The van der Waals surface area contributed by atoms with Gasteiger partial charge in [-0.2, -0.15) is 4.57 Å². The molecule has 28 heavy (non-hydrogen) atoms. The van der Waals surface area contributed by atoms with Crippen molar-refractivity contribution in [1.29, 1.82) is 0 Å². The Labute approximate surface area is 173 Å². The van der Waals surface area contributed by atoms with Crippen LogP contribution in [0.5, 0.6) is 0 Å². The number of benzene rings is 1. The number of anilines is 1. The van der Waals surface area contributed by atoms with Crippen LogP contribution in [0.4, 0.5) is 5.69 Å². The summed E-state index contributed by atoms with van der Waals surface area (Å²) in [5.41, 5.74) is 5.41. The molecule has 2 nitrogen and oxygen atoms in total. The van der Waals surface area contributed by atoms with Crippen LogP contribution < -0.4 is 9.47 Å². The fourth-order valence-corrected chi connectivity index (χ4v) is 7.24. The maximum absolute atomic E-state index is 2.60. The van der Waals surface area contributed by atoms with Crippen molar-refractivity contribution in [2.45, 2.75) is 57.4 Å². The van der Waals surface area contributed by atoms with Gasteiger partial charge in [-0.1, -0.05) is 30.3 Å². The maximum atomic E-state index is 2.60. The van der Waals surface area contributed by atoms with Crippen molar-refractivity contribution in [2.24, 2.45) is 17.8 Å². The smallest absolute Gasteiger partial charge is 0.179 e. The highest BCUT2D eigenvalue weighted by molar-refractivity contribution is 8.03. The lowest BCUT2D eigenvalue weighted by molar-refractivity contribution is -0.738. The molecule has 0 amide bonds. The number of aromatic nitrogens is 1. The zero-order valence-corrected chi connectivity index (χ0v) is 18.3. The van der Waals surface area contributed by atoms with E-state index in [4.69, 9.17) is 0 Å². The van der Waals surface area contributed by atoms with Gasteiger partial charge in [-0.15, -0.1) is 0 Å². The van der Waals surface area contributed by atoms with Crippen LogP contribution in [0.3, 0.4) is 0 Å². The van der Waals surface area contributed by atoms with Crippen LogP contribution in [0.25, 0.3) is 6.08 Å². The fourth-order valence-electron chi connectivity index (χ4n) is 6.13. The highest BCUT2D eigenvalue weighted by atomic mass is 32.2. The number of pyridine rings is 1. The van der Waals surface area contributed by atoms with E-state index in [1.807, 2.05) is 11.8 Å². The average Bonchev–Trinajstić information content (AvgIpc) is 3.37. The van der Waals surface area contributed by atoms with Gasteiger partial charge < -0.3 is 4.90 Å². The van der Waals surface area contributed by atoms with Crippen molar-refractivity contribution in [1.82, 2.24) is 0 Å². The summed E-state index contributed by atoms with van der Waals surface area (Å²) < 4.78 is 2.60. The molecular weight excluding hydrogens is 360 g/mol. The average molecular weight is 392 g/mol. The van der Waals surface area contributed by atoms with Crippen LogP contribution in [-0.2, 0) is 0 Å². The third-order valence-electron chi connectivity index (χ3n) is 7.39. The number of para-hydroxylation sites is 1. The number of hydrogen-bond acceptors (Lipinski definition) is 2. The summed E-state index contributed by atoms with van der Waals surface area (Å²) in [4.78, 5) is 3.66. The summed E-state index contributed by atoms with van der Waals surface area (Å²) >= 11 is 1.87. The van der Waals surface area contributed by atoms with Crippen molar-refractivity contribution < 1.29 is 4.57 Å². The maximum Gasteiger partial charge on any atom is 0.179 e. The molecule has 1 aliphatic heterocycles. The van der Waals surface area contributed by atoms with E-state index in [9.17, 15) is 0 Å². The minimum absolute atomic E-state index is 0.616. The first kappa shape index (κ1) is 18.3. The van der Waals surface area contributed by atoms with Crippen LogP contribution in [0.1, 0.15) is 55.6 Å². The zero-order chi connectivity index (χ0) is 19.4. The van der Waals surface area contributed by atoms with E-state index in [2.05, 4.69) is 79.8 Å². The summed E-state index contributed by atoms with van der Waals surface area (Å²) in [7, 11) is 2.17. The van der Waals surface area contributed by atoms with Crippen molar-refractivity contribution in [3.05, 3.63) is 58.4 Å². The van der Waals surface area contributed by atoms with Gasteiger partial charge in [0.2, 0.25) is 0 Å². The van der Waals surface area contributed by atoms with Gasteiger partial charge in [0.1, 0.15) is 0 Å². The molecule has 0 N–H and O–H groups in total. The lowest BCUT2D eigenvalue weighted by Gasteiger charge is -2.26. The molecule has 0 unspecified atom stereocenters. The first-order valence-corrected chi connectivity index (χ1v) is 11.6. The van der Waals surface area contributed by atoms with Crippen LogP contribution >= 0.6 is 11.8 Å². The Hall–Kier alpha value is -1.74. The van der Waals surface area contributed by atoms with Crippen LogP contribution in [-0.4, -0.2) is 7.05 Å². The zero-order valence-electron chi connectivity index (χ0n) is 17.5. The molecule has 4 atom stereocenters. The molecule has 2 aliphatic carbocycles. The number of aryl methyl sites for hydroxylation is 2. The van der Waals surface area contributed by atoms with Gasteiger partial charge in [0.15, 0.2) is 17.4 Å². The van der Waals surface area contributed by atoms with Gasteiger partial charge in [-0.3, -0.25) is 0 Å². The van der Waals surface area contributed by atoms with Gasteiger partial charge in [-0.25, -0.2) is 0 Å². The minimum Gasteiger partial charge on any atom is -0.338 e. The van der Waals surface area contributed by atoms with Crippen LogP contribution in [0.15, 0.2) is 46.3 Å². The Morgan fingerprint density at radius 3 is 2.50 bits per heavy atom. The number of hydrogen-bond donors (Lipinski definition) is 0. The van der Waals surface area contributed by atoms with Crippen molar-refractivity contribution in [3.8, 4) is 0 Å². The highest BCUT2D eigenvalue weighted by Gasteiger charge is 2.45. The lowest BCUT2D eigenvalue weighted by Crippen LogP contribution is -2.48. The molecule has 146 valence electrons. The van der Waals surface area contributed by atoms with Crippen molar-refractivity contribution >= 4 is 23.5 Å². The van der Waals surface area contributed by atoms with Crippen LogP contribution in [0, 0.1) is 31.6 Å². The first-order chi connectivity index (χ1) is 13.5. The molecule has 1 aromatic heterocycles. The number of nitrogens with zero attached hydrogens (tertiary/aromatic N) is 2. The number of rotatable bonds is 3. The van der Waals surface area contributed by atoms with Gasteiger partial charge >= 0.3 is 0 Å². The third-order valence-corrected chi connectivity index (χ3v) is 8.56. The Bertz CT molecular complexity index is 924. The van der Waals surface area contributed by atoms with E-state index >= 15 is 0 Å². The van der Waals surface area contributed by atoms with Crippen molar-refractivity contribution in [2.75, 3.05) is 11.9 Å². The Balaban J connectivity index is 1.43.